The number of fused-ring (bicyclic) bond motifs is 1. The highest BCUT2D eigenvalue weighted by Crippen LogP contribution is 2.37. The van der Waals surface area contributed by atoms with Gasteiger partial charge in [-0.1, -0.05) is 0 Å². The highest BCUT2D eigenvalue weighted by Gasteiger charge is 2.27. The predicted molar refractivity (Wildman–Crippen MR) is 86.7 cm³/mol. The average molecular weight is 314 g/mol. The normalized spacial score (nSPS) is 22.7. The summed E-state index contributed by atoms with van der Waals surface area (Å²) in [6.45, 7) is 1.73. The van der Waals surface area contributed by atoms with Crippen molar-refractivity contribution in [3.05, 3.63) is 12.0 Å². The topological polar surface area (TPSA) is 99.7 Å². The molecule has 1 unspecified atom stereocenters. The third kappa shape index (κ3) is 2.99. The predicted octanol–water partition coefficient (Wildman–Crippen LogP) is 2.57. The van der Waals surface area contributed by atoms with E-state index in [0.717, 1.165) is 31.3 Å². The number of nitrogens with zero attached hydrogens (tertiary/aromatic N) is 5. The lowest BCUT2D eigenvalue weighted by Crippen LogP contribution is -2.21. The molecule has 1 saturated carbocycles. The van der Waals surface area contributed by atoms with Gasteiger partial charge in [0, 0.05) is 19.5 Å². The molecule has 1 atom stereocenters. The van der Waals surface area contributed by atoms with Crippen LogP contribution in [0.2, 0.25) is 0 Å². The highest BCUT2D eigenvalue weighted by atomic mass is 16.3. The molecule has 2 N–H and O–H groups in total. The summed E-state index contributed by atoms with van der Waals surface area (Å²) in [4.78, 5) is 13.3. The second kappa shape index (κ2) is 6.50. The van der Waals surface area contributed by atoms with Crippen LogP contribution in [0.5, 0.6) is 0 Å². The minimum atomic E-state index is -0.654. The smallest absolute Gasteiger partial charge is 0.224 e. The number of aromatic nitrogens is 4. The Morgan fingerprint density at radius 3 is 2.74 bits per heavy atom. The first-order chi connectivity index (χ1) is 11.1. The lowest BCUT2D eigenvalue weighted by Gasteiger charge is -2.29. The van der Waals surface area contributed by atoms with Crippen molar-refractivity contribution in [2.75, 3.05) is 12.4 Å². The van der Waals surface area contributed by atoms with Crippen LogP contribution in [0.1, 0.15) is 57.0 Å². The molecule has 7 nitrogen and oxygen atoms in total. The van der Waals surface area contributed by atoms with Crippen molar-refractivity contribution in [2.24, 2.45) is 5.92 Å². The van der Waals surface area contributed by atoms with Crippen molar-refractivity contribution in [1.82, 2.24) is 19.5 Å². The van der Waals surface area contributed by atoms with E-state index in [2.05, 4.69) is 30.9 Å². The van der Waals surface area contributed by atoms with Crippen molar-refractivity contribution in [1.29, 1.82) is 5.26 Å². The minimum Gasteiger partial charge on any atom is -0.385 e. The molecular formula is C16H22N6O. The zero-order valence-electron chi connectivity index (χ0n) is 13.5. The number of nitriles is 1. The highest BCUT2D eigenvalue weighted by molar-refractivity contribution is 5.72. The van der Waals surface area contributed by atoms with Crippen LogP contribution < -0.4 is 5.32 Å². The van der Waals surface area contributed by atoms with Crippen LogP contribution in [0, 0.1) is 17.2 Å². The van der Waals surface area contributed by atoms with Gasteiger partial charge >= 0.3 is 0 Å². The van der Waals surface area contributed by atoms with Gasteiger partial charge in [-0.25, -0.2) is 9.97 Å². The van der Waals surface area contributed by atoms with Crippen LogP contribution in [0.3, 0.4) is 0 Å². The molecule has 23 heavy (non-hydrogen) atoms. The van der Waals surface area contributed by atoms with Gasteiger partial charge in [0.25, 0.3) is 0 Å². The number of hydrogen-bond donors (Lipinski definition) is 2. The zero-order valence-corrected chi connectivity index (χ0v) is 13.5. The van der Waals surface area contributed by atoms with E-state index in [-0.39, 0.29) is 6.04 Å². The summed E-state index contributed by atoms with van der Waals surface area (Å²) in [6.07, 6.45) is 5.69. The van der Waals surface area contributed by atoms with Crippen molar-refractivity contribution in [3.8, 4) is 6.07 Å². The molecule has 2 heterocycles. The van der Waals surface area contributed by atoms with E-state index >= 15 is 0 Å². The van der Waals surface area contributed by atoms with Crippen LogP contribution in [-0.4, -0.2) is 31.7 Å². The molecule has 3 rings (SSSR count). The standard InChI is InChI=1S/C16H22N6O/c1-10(23)14-20-13-9-19-16(18-2)21-15(13)22(14)12-5-3-11(4-6-12)7-8-17/h9-12,23H,3-7H2,1-2H3,(H,18,19,21)/t10?,11-,12-. The van der Waals surface area contributed by atoms with Gasteiger partial charge in [0.15, 0.2) is 5.65 Å². The maximum atomic E-state index is 10.1. The lowest BCUT2D eigenvalue weighted by molar-refractivity contribution is 0.175. The first kappa shape index (κ1) is 15.7. The summed E-state index contributed by atoms with van der Waals surface area (Å²) in [5.74, 6) is 1.68. The van der Waals surface area contributed by atoms with Gasteiger partial charge in [-0.15, -0.1) is 0 Å². The Hall–Kier alpha value is -2.20. The summed E-state index contributed by atoms with van der Waals surface area (Å²) < 4.78 is 2.07. The molecule has 1 aliphatic carbocycles. The summed E-state index contributed by atoms with van der Waals surface area (Å²) in [5, 5.41) is 21.9. The van der Waals surface area contributed by atoms with Gasteiger partial charge in [0.1, 0.15) is 17.4 Å². The fourth-order valence-corrected chi connectivity index (χ4v) is 3.42. The first-order valence-electron chi connectivity index (χ1n) is 8.11. The lowest BCUT2D eigenvalue weighted by atomic mass is 9.84. The fraction of sp³-hybridized carbons (Fsp3) is 0.625. The Labute approximate surface area is 135 Å². The number of aliphatic hydroxyl groups excluding tert-OH is 1. The molecule has 1 fully saturated rings. The van der Waals surface area contributed by atoms with Gasteiger partial charge in [-0.05, 0) is 38.5 Å². The van der Waals surface area contributed by atoms with Crippen LogP contribution in [0.15, 0.2) is 6.20 Å². The van der Waals surface area contributed by atoms with Crippen LogP contribution in [0.4, 0.5) is 5.95 Å². The Balaban J connectivity index is 1.98. The second-order valence-corrected chi connectivity index (χ2v) is 6.21. The van der Waals surface area contributed by atoms with Crippen LogP contribution >= 0.6 is 0 Å². The number of rotatable bonds is 4. The quantitative estimate of drug-likeness (QED) is 0.899. The molecule has 0 spiro atoms. The molecular weight excluding hydrogens is 292 g/mol. The largest absolute Gasteiger partial charge is 0.385 e. The molecule has 0 aromatic carbocycles. The van der Waals surface area contributed by atoms with Crippen molar-refractivity contribution in [2.45, 2.75) is 51.2 Å². The molecule has 2 aromatic heterocycles. The molecule has 2 aromatic rings. The molecule has 0 aliphatic heterocycles. The molecule has 0 radical (unpaired) electrons. The van der Waals surface area contributed by atoms with E-state index in [0.29, 0.717) is 29.6 Å². The number of aliphatic hydroxyl groups is 1. The van der Waals surface area contributed by atoms with E-state index in [1.807, 2.05) is 0 Å². The number of anilines is 1. The average Bonchev–Trinajstić information content (AvgIpc) is 2.94. The van der Waals surface area contributed by atoms with Gasteiger partial charge in [0.2, 0.25) is 5.95 Å². The third-order valence-electron chi connectivity index (χ3n) is 4.62. The maximum absolute atomic E-state index is 10.1. The molecule has 7 heteroatoms. The van der Waals surface area contributed by atoms with Crippen LogP contribution in [-0.2, 0) is 0 Å². The fourth-order valence-electron chi connectivity index (χ4n) is 3.42. The first-order valence-corrected chi connectivity index (χ1v) is 8.11. The molecule has 0 amide bonds. The van der Waals surface area contributed by atoms with Gasteiger partial charge in [-0.3, -0.25) is 0 Å². The molecule has 0 bridgehead atoms. The SMILES string of the molecule is CNc1ncc2nc(C(C)O)n([C@H]3CC[C@H](CC#N)CC3)c2n1. The van der Waals surface area contributed by atoms with Crippen LogP contribution in [0.25, 0.3) is 11.2 Å². The monoisotopic (exact) mass is 314 g/mol. The molecule has 0 saturated heterocycles. The van der Waals surface area contributed by atoms with Gasteiger partial charge in [-0.2, -0.15) is 10.2 Å². The van der Waals surface area contributed by atoms with E-state index in [1.165, 1.54) is 0 Å². The summed E-state index contributed by atoms with van der Waals surface area (Å²) in [6, 6.07) is 2.54. The summed E-state index contributed by atoms with van der Waals surface area (Å²) in [5.41, 5.74) is 1.48. The number of hydrogen-bond acceptors (Lipinski definition) is 6. The summed E-state index contributed by atoms with van der Waals surface area (Å²) >= 11 is 0. The number of nitrogens with one attached hydrogen (secondary N) is 1. The molecule has 1 aliphatic rings. The van der Waals surface area contributed by atoms with E-state index < -0.39 is 6.10 Å². The van der Waals surface area contributed by atoms with Gasteiger partial charge < -0.3 is 15.0 Å². The Bertz CT molecular complexity index is 724. The Morgan fingerprint density at radius 2 is 2.13 bits per heavy atom. The van der Waals surface area contributed by atoms with E-state index in [1.54, 1.807) is 20.2 Å². The Morgan fingerprint density at radius 1 is 1.39 bits per heavy atom. The van der Waals surface area contributed by atoms with E-state index in [4.69, 9.17) is 5.26 Å². The van der Waals surface area contributed by atoms with Crippen molar-refractivity contribution >= 4 is 17.1 Å². The van der Waals surface area contributed by atoms with Gasteiger partial charge in [0.05, 0.1) is 12.3 Å². The Kier molecular flexibility index (Phi) is 4.44. The minimum absolute atomic E-state index is 0.263. The zero-order chi connectivity index (χ0) is 16.4. The summed E-state index contributed by atoms with van der Waals surface area (Å²) in [7, 11) is 1.78. The second-order valence-electron chi connectivity index (χ2n) is 6.21. The van der Waals surface area contributed by atoms with Crippen molar-refractivity contribution in [3.63, 3.8) is 0 Å². The molecule has 122 valence electrons. The van der Waals surface area contributed by atoms with E-state index in [9.17, 15) is 5.11 Å². The van der Waals surface area contributed by atoms with Crippen molar-refractivity contribution < 1.29 is 5.11 Å². The third-order valence-corrected chi connectivity index (χ3v) is 4.62. The number of imidazole rings is 1. The maximum Gasteiger partial charge on any atom is 0.224 e.